The summed E-state index contributed by atoms with van der Waals surface area (Å²) in [5, 5.41) is 38.7. The van der Waals surface area contributed by atoms with Crippen molar-refractivity contribution in [2.45, 2.75) is 37.9 Å². The standard InChI is InChI=1S/C11H12N2O2.C9H11NO3.C9H11NO2/c12-9(11(14)15)5-7-6-13-10-4-2-1-3-8(7)10;10-8(9(12)13)5-6-1-3-7(11)4-2-6;1-7(9(11)12)10-8-5-3-2-4-6-8/h1-4,6,9,13H,5,12H2,(H,14,15);1-4,8,11H,5,10H2,(H,12,13);2-7,10H,1H3,(H,11,12). The van der Waals surface area contributed by atoms with Gasteiger partial charge >= 0.3 is 17.9 Å². The molecule has 1 aromatic heterocycles. The van der Waals surface area contributed by atoms with E-state index >= 15 is 0 Å². The van der Waals surface area contributed by atoms with Crippen LogP contribution in [0.1, 0.15) is 18.1 Å². The topological polar surface area (TPSA) is 212 Å². The maximum Gasteiger partial charge on any atom is 0.325 e. The molecular weight excluding hydrogens is 516 g/mol. The first kappa shape index (κ1) is 31.3. The molecule has 0 fully saturated rings. The average molecular weight is 551 g/mol. The summed E-state index contributed by atoms with van der Waals surface area (Å²) in [4.78, 5) is 34.5. The first-order chi connectivity index (χ1) is 19.0. The zero-order valence-electron chi connectivity index (χ0n) is 21.9. The molecule has 0 saturated carbocycles. The molecule has 4 aromatic rings. The first-order valence-electron chi connectivity index (χ1n) is 12.3. The van der Waals surface area contributed by atoms with Crippen molar-refractivity contribution in [2.75, 3.05) is 5.32 Å². The lowest BCUT2D eigenvalue weighted by Crippen LogP contribution is -2.32. The molecule has 0 amide bonds. The highest BCUT2D eigenvalue weighted by Crippen LogP contribution is 2.18. The van der Waals surface area contributed by atoms with E-state index in [9.17, 15) is 14.4 Å². The Morgan fingerprint density at radius 3 is 1.90 bits per heavy atom. The second-order valence-corrected chi connectivity index (χ2v) is 8.89. The minimum Gasteiger partial charge on any atom is -0.508 e. The van der Waals surface area contributed by atoms with Crippen molar-refractivity contribution in [2.24, 2.45) is 11.5 Å². The number of phenolic OH excluding ortho intramolecular Hbond substituents is 1. The van der Waals surface area contributed by atoms with Gasteiger partial charge in [-0.05, 0) is 54.8 Å². The number of carbonyl (C=O) groups is 3. The van der Waals surface area contributed by atoms with Crippen LogP contribution in [0.4, 0.5) is 5.69 Å². The van der Waals surface area contributed by atoms with Gasteiger partial charge in [0.25, 0.3) is 0 Å². The number of H-pyrrole nitrogens is 1. The van der Waals surface area contributed by atoms with E-state index in [2.05, 4.69) is 10.3 Å². The van der Waals surface area contributed by atoms with Gasteiger partial charge in [0.15, 0.2) is 0 Å². The molecule has 1 heterocycles. The second kappa shape index (κ2) is 15.5. The molecule has 11 heteroatoms. The fourth-order valence-corrected chi connectivity index (χ4v) is 3.44. The number of para-hydroxylation sites is 2. The number of nitrogens with one attached hydrogen (secondary N) is 2. The number of fused-ring (bicyclic) bond motifs is 1. The van der Waals surface area contributed by atoms with Gasteiger partial charge in [0, 0.05) is 29.2 Å². The third-order valence-corrected chi connectivity index (χ3v) is 5.67. The monoisotopic (exact) mass is 550 g/mol. The van der Waals surface area contributed by atoms with E-state index < -0.39 is 36.0 Å². The van der Waals surface area contributed by atoms with Crippen LogP contribution >= 0.6 is 0 Å². The van der Waals surface area contributed by atoms with Gasteiger partial charge in [0.2, 0.25) is 0 Å². The van der Waals surface area contributed by atoms with Crippen LogP contribution in [0.2, 0.25) is 0 Å². The van der Waals surface area contributed by atoms with E-state index in [-0.39, 0.29) is 12.2 Å². The molecule has 10 N–H and O–H groups in total. The number of benzene rings is 3. The number of carboxylic acid groups (broad SMARTS) is 3. The molecule has 4 rings (SSSR count). The zero-order chi connectivity index (χ0) is 29.7. The highest BCUT2D eigenvalue weighted by Gasteiger charge is 2.14. The van der Waals surface area contributed by atoms with Gasteiger partial charge in [0.1, 0.15) is 23.9 Å². The van der Waals surface area contributed by atoms with Crippen LogP contribution in [0.15, 0.2) is 85.1 Å². The van der Waals surface area contributed by atoms with E-state index in [0.717, 1.165) is 27.7 Å². The number of rotatable bonds is 9. The Labute approximate surface area is 231 Å². The van der Waals surface area contributed by atoms with Crippen LogP contribution in [-0.4, -0.2) is 61.4 Å². The fourth-order valence-electron chi connectivity index (χ4n) is 3.44. The minimum atomic E-state index is -1.02. The van der Waals surface area contributed by atoms with Crippen molar-refractivity contribution >= 4 is 34.5 Å². The number of nitrogens with two attached hydrogens (primary N) is 2. The van der Waals surface area contributed by atoms with Crippen molar-refractivity contribution in [3.05, 3.63) is 96.2 Å². The van der Waals surface area contributed by atoms with Gasteiger partial charge in [0.05, 0.1) is 0 Å². The van der Waals surface area contributed by atoms with E-state index in [4.69, 9.17) is 31.9 Å². The van der Waals surface area contributed by atoms with E-state index in [1.165, 1.54) is 12.1 Å². The number of aliphatic carboxylic acids is 3. The molecule has 0 aliphatic rings. The summed E-state index contributed by atoms with van der Waals surface area (Å²) in [6.07, 6.45) is 2.43. The first-order valence-corrected chi connectivity index (χ1v) is 12.3. The number of aromatic nitrogens is 1. The summed E-state index contributed by atoms with van der Waals surface area (Å²) in [7, 11) is 0. The summed E-state index contributed by atoms with van der Waals surface area (Å²) >= 11 is 0. The Kier molecular flexibility index (Phi) is 12.2. The van der Waals surface area contributed by atoms with Crippen molar-refractivity contribution in [3.63, 3.8) is 0 Å². The number of anilines is 1. The zero-order valence-corrected chi connectivity index (χ0v) is 21.9. The summed E-state index contributed by atoms with van der Waals surface area (Å²) < 4.78 is 0. The van der Waals surface area contributed by atoms with Gasteiger partial charge in [-0.1, -0.05) is 48.5 Å². The predicted octanol–water partition coefficient (Wildman–Crippen LogP) is 3.04. The van der Waals surface area contributed by atoms with E-state index in [1.54, 1.807) is 19.1 Å². The Balaban J connectivity index is 0.000000212. The highest BCUT2D eigenvalue weighted by molar-refractivity contribution is 5.84. The van der Waals surface area contributed by atoms with Crippen molar-refractivity contribution in [3.8, 4) is 5.75 Å². The van der Waals surface area contributed by atoms with Gasteiger partial charge in [-0.15, -0.1) is 0 Å². The second-order valence-electron chi connectivity index (χ2n) is 8.89. The number of hydrogen-bond donors (Lipinski definition) is 8. The number of aromatic amines is 1. The summed E-state index contributed by atoms with van der Waals surface area (Å²) in [6.45, 7) is 1.61. The van der Waals surface area contributed by atoms with E-state index in [1.807, 2.05) is 60.8 Å². The normalized spacial score (nSPS) is 12.5. The molecule has 0 bridgehead atoms. The third-order valence-electron chi connectivity index (χ3n) is 5.67. The lowest BCUT2D eigenvalue weighted by atomic mass is 10.1. The molecule has 3 aromatic carbocycles. The number of phenols is 1. The lowest BCUT2D eigenvalue weighted by molar-refractivity contribution is -0.139. The van der Waals surface area contributed by atoms with Gasteiger partial charge in [-0.2, -0.15) is 0 Å². The smallest absolute Gasteiger partial charge is 0.325 e. The van der Waals surface area contributed by atoms with Crippen molar-refractivity contribution < 1.29 is 34.8 Å². The Hall–Kier alpha value is -4.87. The summed E-state index contributed by atoms with van der Waals surface area (Å²) in [5.74, 6) is -2.68. The average Bonchev–Trinajstić information content (AvgIpc) is 3.33. The van der Waals surface area contributed by atoms with Crippen LogP contribution in [0, 0.1) is 0 Å². The molecule has 212 valence electrons. The quantitative estimate of drug-likeness (QED) is 0.152. The van der Waals surface area contributed by atoms with Gasteiger partial charge < -0.3 is 42.2 Å². The maximum absolute atomic E-state index is 10.6. The molecule has 0 aliphatic heterocycles. The molecule has 3 atom stereocenters. The molecule has 11 nitrogen and oxygen atoms in total. The van der Waals surface area contributed by atoms with Gasteiger partial charge in [-0.25, -0.2) is 0 Å². The van der Waals surface area contributed by atoms with Crippen LogP contribution in [0.3, 0.4) is 0 Å². The van der Waals surface area contributed by atoms with Crippen molar-refractivity contribution in [1.29, 1.82) is 0 Å². The molecule has 40 heavy (non-hydrogen) atoms. The summed E-state index contributed by atoms with van der Waals surface area (Å²) in [5.41, 5.74) is 14.4. The van der Waals surface area contributed by atoms with Crippen LogP contribution in [0.5, 0.6) is 5.75 Å². The molecule has 0 radical (unpaired) electrons. The molecule has 0 spiro atoms. The van der Waals surface area contributed by atoms with E-state index in [0.29, 0.717) is 6.42 Å². The molecule has 3 unspecified atom stereocenters. The SMILES string of the molecule is CC(Nc1ccccc1)C(=O)O.NC(Cc1c[nH]c2ccccc12)C(=O)O.NC(Cc1ccc(O)cc1)C(=O)O. The number of aromatic hydroxyl groups is 1. The molecule has 0 aliphatic carbocycles. The lowest BCUT2D eigenvalue weighted by Gasteiger charge is -2.09. The fraction of sp³-hybridized carbons (Fsp3) is 0.207. The Morgan fingerprint density at radius 2 is 1.32 bits per heavy atom. The van der Waals surface area contributed by atoms with Crippen LogP contribution in [-0.2, 0) is 27.2 Å². The van der Waals surface area contributed by atoms with Crippen LogP contribution in [0.25, 0.3) is 10.9 Å². The Morgan fingerprint density at radius 1 is 0.775 bits per heavy atom. The third kappa shape index (κ3) is 10.5. The largest absolute Gasteiger partial charge is 0.508 e. The molecular formula is C29H34N4O7. The highest BCUT2D eigenvalue weighted by atomic mass is 16.4. The summed E-state index contributed by atoms with van der Waals surface area (Å²) in [6, 6.07) is 21.1. The minimum absolute atomic E-state index is 0.160. The van der Waals surface area contributed by atoms with Gasteiger partial charge in [-0.3, -0.25) is 14.4 Å². The van der Waals surface area contributed by atoms with Crippen molar-refractivity contribution in [1.82, 2.24) is 4.98 Å². The van der Waals surface area contributed by atoms with Crippen LogP contribution < -0.4 is 16.8 Å². The number of hydrogen-bond acceptors (Lipinski definition) is 7. The number of carboxylic acids is 3. The predicted molar refractivity (Wildman–Crippen MR) is 152 cm³/mol. The molecule has 0 saturated heterocycles. The Bertz CT molecular complexity index is 1370. The maximum atomic E-state index is 10.6.